The van der Waals surface area contributed by atoms with E-state index in [2.05, 4.69) is 70.7 Å². The van der Waals surface area contributed by atoms with Crippen LogP contribution in [0.15, 0.2) is 105 Å². The van der Waals surface area contributed by atoms with E-state index >= 15 is 0 Å². The minimum atomic E-state index is -3.56. The summed E-state index contributed by atoms with van der Waals surface area (Å²) in [5.74, 6) is 7.84. The number of anilines is 8. The third kappa shape index (κ3) is 14.3. The first-order chi connectivity index (χ1) is 38.0. The van der Waals surface area contributed by atoms with Crippen LogP contribution in [0.2, 0.25) is 10.0 Å². The lowest BCUT2D eigenvalue weighted by Crippen LogP contribution is -2.37. The van der Waals surface area contributed by atoms with Gasteiger partial charge in [0.05, 0.1) is 69.7 Å². The van der Waals surface area contributed by atoms with E-state index in [-0.39, 0.29) is 61.2 Å². The summed E-state index contributed by atoms with van der Waals surface area (Å²) in [4.78, 5) is 30.2. The van der Waals surface area contributed by atoms with Crippen molar-refractivity contribution in [3.8, 4) is 11.5 Å². The number of sulfone groups is 2. The molecule has 25 heteroatoms. The van der Waals surface area contributed by atoms with Gasteiger partial charge in [-0.05, 0) is 145 Å². The maximum absolute atomic E-state index is 12.9. The molecule has 8 rings (SSSR count). The smallest absolute Gasteiger partial charge is 0.428 e. The number of rotatable bonds is 15. The Balaban J connectivity index is 0.000000264. The van der Waals surface area contributed by atoms with Crippen molar-refractivity contribution in [1.82, 2.24) is 25.4 Å². The maximum Gasteiger partial charge on any atom is 0.428 e. The number of aromatic nitrogens is 4. The minimum absolute atomic E-state index is 0. The minimum Gasteiger partial charge on any atom is -0.495 e. The average molecular weight is 1220 g/mol. The number of ether oxygens (including phenoxy) is 3. The Morgan fingerprint density at radius 1 is 0.634 bits per heavy atom. The number of nitrogens with one attached hydrogen (secondary N) is 5. The second-order valence-electron chi connectivity index (χ2n) is 21.9. The highest BCUT2D eigenvalue weighted by molar-refractivity contribution is 7.92. The lowest BCUT2D eigenvalue weighted by molar-refractivity contribution is 0.0528. The van der Waals surface area contributed by atoms with E-state index in [1.807, 2.05) is 38.1 Å². The van der Waals surface area contributed by atoms with Crippen LogP contribution in [0.25, 0.3) is 0 Å². The molecule has 1 amide bonds. The molecule has 2 heterocycles. The maximum atomic E-state index is 12.9. The molecular formula is C57H71Cl3N12O8S2. The van der Waals surface area contributed by atoms with Gasteiger partial charge in [-0.2, -0.15) is 20.2 Å². The number of halogens is 3. The van der Waals surface area contributed by atoms with Crippen LogP contribution in [0.4, 0.5) is 51.1 Å². The predicted octanol–water partition coefficient (Wildman–Crippen LogP) is 12.7. The number of nitrogens with zero attached hydrogens (tertiary/aromatic N) is 6. The van der Waals surface area contributed by atoms with Crippen LogP contribution >= 0.6 is 35.6 Å². The molecular weight excluding hydrogens is 1150 g/mol. The Kier molecular flexibility index (Phi) is 20.1. The fraction of sp³-hybridized carbons (Fsp3) is 0.386. The zero-order chi connectivity index (χ0) is 59.4. The molecule has 0 spiro atoms. The van der Waals surface area contributed by atoms with Crippen LogP contribution in [0, 0.1) is 0 Å². The van der Waals surface area contributed by atoms with Gasteiger partial charge in [0.25, 0.3) is 0 Å². The number of amides is 1. The molecule has 0 saturated heterocycles. The standard InChI is InChI=1S/C31H39ClN6O5S.C26H31ClN6O3S.ClH/c1-18(2)44(40,41)25-12-10-9-11-22(25)34-27-21(32)17-33-28(36-27)35-23-15-19-13-14-26(37-38-29(39)43-30(3,4)5)31(6,7)20(19)16-24(23)42-8;1-15(2)37(34,35)22-9-7-6-8-19(22)30-24-18(27)14-29-25(32-24)31-20-12-16-10-11-23(33-28)26(3,4)17(16)13-21(20)36-5;/h9-12,15-18H,13-14H2,1-8H3,(H,38,39)(H2,33,34,35,36);6-9,12-15H,10-11,28H2,1-5H3,(H2,29,30,31,32);1H/b37-26+;33-23+;. The number of benzene rings is 4. The van der Waals surface area contributed by atoms with E-state index in [1.54, 1.807) is 111 Å². The van der Waals surface area contributed by atoms with Crippen molar-refractivity contribution >= 4 is 119 Å². The second kappa shape index (κ2) is 25.7. The van der Waals surface area contributed by atoms with Crippen molar-refractivity contribution < 1.29 is 35.8 Å². The van der Waals surface area contributed by atoms with Crippen LogP contribution in [0.5, 0.6) is 11.5 Å². The van der Waals surface area contributed by atoms with Crippen LogP contribution in [0.3, 0.4) is 0 Å². The van der Waals surface area contributed by atoms with Crippen molar-refractivity contribution in [3.63, 3.8) is 0 Å². The summed E-state index contributed by atoms with van der Waals surface area (Å²) in [6.45, 7) is 20.2. The lowest BCUT2D eigenvalue weighted by atomic mass is 9.71. The molecule has 6 aromatic rings. The van der Waals surface area contributed by atoms with E-state index in [4.69, 9.17) is 43.3 Å². The van der Waals surface area contributed by atoms with Crippen LogP contribution in [-0.4, -0.2) is 84.6 Å². The number of para-hydroxylation sites is 2. The number of methoxy groups -OCH3 is 2. The van der Waals surface area contributed by atoms with E-state index in [9.17, 15) is 21.6 Å². The molecule has 7 N–H and O–H groups in total. The number of fused-ring (bicyclic) bond motifs is 2. The molecule has 0 fully saturated rings. The van der Waals surface area contributed by atoms with E-state index in [0.717, 1.165) is 46.5 Å². The molecule has 2 aliphatic rings. The van der Waals surface area contributed by atoms with Gasteiger partial charge in [0.1, 0.15) is 27.1 Å². The summed E-state index contributed by atoms with van der Waals surface area (Å²) in [6.07, 6.45) is 5.16. The summed E-state index contributed by atoms with van der Waals surface area (Å²) in [5, 5.41) is 20.3. The van der Waals surface area contributed by atoms with Gasteiger partial charge in [0.15, 0.2) is 31.3 Å². The number of carbonyl (C=O) groups is 1. The molecule has 0 atom stereocenters. The molecule has 0 radical (unpaired) electrons. The number of nitrogens with two attached hydrogens (primary N) is 1. The van der Waals surface area contributed by atoms with Crippen molar-refractivity contribution in [1.29, 1.82) is 0 Å². The normalized spacial score (nSPS) is 15.5. The number of hydrazone groups is 2. The summed E-state index contributed by atoms with van der Waals surface area (Å²) in [5.41, 5.74) is 9.29. The van der Waals surface area contributed by atoms with Gasteiger partial charge in [0.2, 0.25) is 11.9 Å². The molecule has 0 aliphatic heterocycles. The predicted molar refractivity (Wildman–Crippen MR) is 329 cm³/mol. The molecule has 440 valence electrons. The van der Waals surface area contributed by atoms with Crippen molar-refractivity contribution in [3.05, 3.63) is 117 Å². The largest absolute Gasteiger partial charge is 0.495 e. The van der Waals surface area contributed by atoms with Gasteiger partial charge in [-0.1, -0.05) is 75.2 Å². The Morgan fingerprint density at radius 2 is 1.04 bits per heavy atom. The molecule has 4 aromatic carbocycles. The topological polar surface area (TPSA) is 275 Å². The van der Waals surface area contributed by atoms with Gasteiger partial charge >= 0.3 is 6.09 Å². The Bertz CT molecular complexity index is 3650. The van der Waals surface area contributed by atoms with E-state index in [1.165, 1.54) is 12.4 Å². The lowest BCUT2D eigenvalue weighted by Gasteiger charge is -2.35. The Labute approximate surface area is 496 Å². The zero-order valence-corrected chi connectivity index (χ0v) is 52.0. The molecule has 2 aliphatic carbocycles. The van der Waals surface area contributed by atoms with E-state index < -0.39 is 47.3 Å². The van der Waals surface area contributed by atoms with Crippen LogP contribution in [0.1, 0.15) is 111 Å². The third-order valence-corrected chi connectivity index (χ3v) is 18.8. The molecule has 0 bridgehead atoms. The third-order valence-electron chi connectivity index (χ3n) is 13.9. The monoisotopic (exact) mass is 1220 g/mol. The molecule has 2 aromatic heterocycles. The van der Waals surface area contributed by atoms with Crippen LogP contribution in [-0.2, 0) is 48.1 Å². The van der Waals surface area contributed by atoms with Gasteiger partial charge in [-0.3, -0.25) is 0 Å². The highest BCUT2D eigenvalue weighted by Crippen LogP contribution is 2.43. The highest BCUT2D eigenvalue weighted by Gasteiger charge is 2.37. The summed E-state index contributed by atoms with van der Waals surface area (Å²) in [6, 6.07) is 21.2. The number of carbonyl (C=O) groups excluding carboxylic acids is 1. The average Bonchev–Trinajstić information content (AvgIpc) is 3.61. The van der Waals surface area contributed by atoms with Crippen molar-refractivity contribution in [2.45, 2.75) is 139 Å². The molecule has 0 saturated carbocycles. The Hall–Kier alpha value is -6.98. The fourth-order valence-electron chi connectivity index (χ4n) is 9.31. The first-order valence-corrected chi connectivity index (χ1v) is 29.9. The van der Waals surface area contributed by atoms with Crippen molar-refractivity contribution in [2.75, 3.05) is 35.5 Å². The fourth-order valence-corrected chi connectivity index (χ4v) is 12.0. The molecule has 20 nitrogen and oxygen atoms in total. The van der Waals surface area contributed by atoms with E-state index in [0.29, 0.717) is 47.1 Å². The van der Waals surface area contributed by atoms with Crippen molar-refractivity contribution in [2.24, 2.45) is 16.0 Å². The number of hydrogen-bond donors (Lipinski definition) is 6. The first kappa shape index (κ1) is 64.2. The van der Waals surface area contributed by atoms with Gasteiger partial charge < -0.3 is 41.3 Å². The number of aryl methyl sites for hydroxylation is 2. The van der Waals surface area contributed by atoms with Crippen LogP contribution < -0.4 is 42.0 Å². The summed E-state index contributed by atoms with van der Waals surface area (Å²) < 4.78 is 68.3. The van der Waals surface area contributed by atoms with Gasteiger partial charge in [0, 0.05) is 22.3 Å². The second-order valence-corrected chi connectivity index (χ2v) is 27.6. The van der Waals surface area contributed by atoms with Gasteiger partial charge in [-0.25, -0.2) is 37.0 Å². The van der Waals surface area contributed by atoms with Gasteiger partial charge in [-0.15, -0.1) is 12.4 Å². The Morgan fingerprint density at radius 3 is 1.43 bits per heavy atom. The summed E-state index contributed by atoms with van der Waals surface area (Å²) >= 11 is 12.8. The first-order valence-electron chi connectivity index (χ1n) is 26.1. The molecule has 82 heavy (non-hydrogen) atoms. The molecule has 0 unspecified atom stereocenters. The zero-order valence-electron chi connectivity index (χ0n) is 48.1. The highest BCUT2D eigenvalue weighted by atomic mass is 35.5. The summed E-state index contributed by atoms with van der Waals surface area (Å²) in [7, 11) is -3.92. The number of hydrogen-bond acceptors (Lipinski definition) is 19. The SMILES string of the molecule is COc1cc2c(cc1Nc1ncc(Cl)c(Nc3ccccc3S(=O)(=O)C(C)C)n1)CC/C(=N\N)C2(C)C.COc1cc2c(cc1Nc1ncc(Cl)c(Nc3ccccc3S(=O)(=O)C(C)C)n1)CC/C(=N\NC(=O)OC(C)(C)C)C2(C)C.Cl. The quantitative estimate of drug-likeness (QED) is 0.0412.